The second-order valence-electron chi connectivity index (χ2n) is 5.76. The van der Waals surface area contributed by atoms with E-state index < -0.39 is 0 Å². The molecule has 1 unspecified atom stereocenters. The number of rotatable bonds is 2. The highest BCUT2D eigenvalue weighted by Gasteiger charge is 2.26. The lowest BCUT2D eigenvalue weighted by Gasteiger charge is -2.30. The molecule has 0 aliphatic carbocycles. The Kier molecular flexibility index (Phi) is 4.66. The zero-order valence-corrected chi connectivity index (χ0v) is 14.0. The molecule has 0 radical (unpaired) electrons. The molecule has 2 N–H and O–H groups in total. The molecule has 2 aromatic heterocycles. The highest BCUT2D eigenvalue weighted by Crippen LogP contribution is 2.22. The first-order chi connectivity index (χ1) is 11.2. The van der Waals surface area contributed by atoms with Crippen LogP contribution in [0.3, 0.4) is 0 Å². The van der Waals surface area contributed by atoms with Crippen molar-refractivity contribution in [3.05, 3.63) is 46.5 Å². The molecule has 8 heteroatoms. The number of likely N-dealkylation sites (N-methyl/N-ethyl adjacent to an activating group) is 1. The van der Waals surface area contributed by atoms with Gasteiger partial charge in [-0.1, -0.05) is 23.4 Å². The molecule has 24 heavy (non-hydrogen) atoms. The number of benzene rings is 1. The minimum absolute atomic E-state index is 0. The highest BCUT2D eigenvalue weighted by molar-refractivity contribution is 5.85. The van der Waals surface area contributed by atoms with Gasteiger partial charge in [0.25, 0.3) is 11.4 Å². The molecule has 4 rings (SSSR count). The number of pyridine rings is 1. The van der Waals surface area contributed by atoms with E-state index >= 15 is 0 Å². The van der Waals surface area contributed by atoms with Crippen LogP contribution in [-0.4, -0.2) is 46.7 Å². The van der Waals surface area contributed by atoms with Gasteiger partial charge in [-0.05, 0) is 24.6 Å². The lowest BCUT2D eigenvalue weighted by atomic mass is 10.1. The lowest BCUT2D eigenvalue weighted by Crippen LogP contribution is -2.44. The van der Waals surface area contributed by atoms with Crippen molar-refractivity contribution in [3.63, 3.8) is 0 Å². The van der Waals surface area contributed by atoms with Gasteiger partial charge in [0.2, 0.25) is 0 Å². The molecule has 0 bridgehead atoms. The monoisotopic (exact) mass is 347 g/mol. The van der Waals surface area contributed by atoms with Gasteiger partial charge < -0.3 is 14.8 Å². The number of aromatic amines is 1. The van der Waals surface area contributed by atoms with Crippen LogP contribution in [-0.2, 0) is 0 Å². The van der Waals surface area contributed by atoms with Crippen molar-refractivity contribution < 1.29 is 4.52 Å². The predicted molar refractivity (Wildman–Crippen MR) is 93.3 cm³/mol. The van der Waals surface area contributed by atoms with Crippen molar-refractivity contribution in [2.45, 2.75) is 6.04 Å². The topological polar surface area (TPSA) is 87.0 Å². The average Bonchev–Trinajstić information content (AvgIpc) is 3.04. The number of nitrogens with zero attached hydrogens (tertiary/aromatic N) is 3. The Morgan fingerprint density at radius 1 is 1.33 bits per heavy atom. The van der Waals surface area contributed by atoms with Gasteiger partial charge in [-0.15, -0.1) is 12.4 Å². The van der Waals surface area contributed by atoms with Crippen LogP contribution in [0.4, 0.5) is 0 Å². The van der Waals surface area contributed by atoms with Gasteiger partial charge in [-0.3, -0.25) is 9.69 Å². The molecule has 1 atom stereocenters. The molecule has 1 aliphatic rings. The number of aromatic nitrogens is 3. The van der Waals surface area contributed by atoms with E-state index in [-0.39, 0.29) is 29.9 Å². The maximum Gasteiger partial charge on any atom is 0.263 e. The number of para-hydroxylation sites is 1. The minimum atomic E-state index is -0.228. The second-order valence-corrected chi connectivity index (χ2v) is 5.76. The van der Waals surface area contributed by atoms with Gasteiger partial charge in [0.1, 0.15) is 5.56 Å². The molecule has 1 saturated heterocycles. The van der Waals surface area contributed by atoms with Crippen LogP contribution >= 0.6 is 12.4 Å². The van der Waals surface area contributed by atoms with Crippen LogP contribution in [0, 0.1) is 0 Å². The number of hydrogen-bond donors (Lipinski definition) is 2. The van der Waals surface area contributed by atoms with Crippen molar-refractivity contribution in [1.82, 2.24) is 25.3 Å². The maximum atomic E-state index is 12.3. The summed E-state index contributed by atoms with van der Waals surface area (Å²) in [5.41, 5.74) is 0.958. The van der Waals surface area contributed by atoms with E-state index in [0.29, 0.717) is 11.4 Å². The Labute approximate surface area is 144 Å². The molecular weight excluding hydrogens is 330 g/mol. The Hall–Kier alpha value is -2.22. The Balaban J connectivity index is 0.00000169. The van der Waals surface area contributed by atoms with Crippen LogP contribution in [0.25, 0.3) is 22.4 Å². The van der Waals surface area contributed by atoms with Crippen LogP contribution in [0.1, 0.15) is 11.9 Å². The van der Waals surface area contributed by atoms with Crippen molar-refractivity contribution in [2.24, 2.45) is 0 Å². The molecule has 0 amide bonds. The zero-order valence-electron chi connectivity index (χ0n) is 13.2. The molecule has 1 aliphatic heterocycles. The summed E-state index contributed by atoms with van der Waals surface area (Å²) in [5, 5.41) is 8.31. The Bertz CT molecular complexity index is 907. The summed E-state index contributed by atoms with van der Waals surface area (Å²) in [5.74, 6) is 0.855. The first-order valence-corrected chi connectivity index (χ1v) is 7.59. The lowest BCUT2D eigenvalue weighted by molar-refractivity contribution is 0.190. The highest BCUT2D eigenvalue weighted by atomic mass is 35.5. The fourth-order valence-electron chi connectivity index (χ4n) is 2.88. The number of fused-ring (bicyclic) bond motifs is 1. The third-order valence-electron chi connectivity index (χ3n) is 4.23. The smallest absolute Gasteiger partial charge is 0.263 e. The number of nitrogens with one attached hydrogen (secondary N) is 2. The summed E-state index contributed by atoms with van der Waals surface area (Å²) in [6, 6.07) is 9.45. The van der Waals surface area contributed by atoms with Crippen molar-refractivity contribution in [1.29, 1.82) is 0 Å². The van der Waals surface area contributed by atoms with Crippen LogP contribution in [0.2, 0.25) is 0 Å². The van der Waals surface area contributed by atoms with Crippen LogP contribution in [0.15, 0.2) is 39.6 Å². The van der Waals surface area contributed by atoms with Crippen molar-refractivity contribution >= 4 is 23.3 Å². The number of piperazine rings is 1. The first-order valence-electron chi connectivity index (χ1n) is 7.59. The fourth-order valence-corrected chi connectivity index (χ4v) is 2.88. The average molecular weight is 348 g/mol. The maximum absolute atomic E-state index is 12.3. The van der Waals surface area contributed by atoms with E-state index in [1.807, 2.05) is 31.3 Å². The third-order valence-corrected chi connectivity index (χ3v) is 4.23. The van der Waals surface area contributed by atoms with Gasteiger partial charge in [0.15, 0.2) is 5.82 Å². The molecule has 3 aromatic rings. The molecule has 0 saturated carbocycles. The van der Waals surface area contributed by atoms with Crippen LogP contribution in [0.5, 0.6) is 0 Å². The molecular formula is C16H18ClN5O2. The van der Waals surface area contributed by atoms with Gasteiger partial charge in [0.05, 0.1) is 6.04 Å². The van der Waals surface area contributed by atoms with E-state index in [1.54, 1.807) is 6.07 Å². The molecule has 3 heterocycles. The number of H-pyrrole nitrogens is 1. The summed E-state index contributed by atoms with van der Waals surface area (Å²) in [7, 11) is 2.03. The van der Waals surface area contributed by atoms with E-state index in [2.05, 4.69) is 25.3 Å². The largest absolute Gasteiger partial charge is 0.334 e. The Morgan fingerprint density at radius 2 is 2.17 bits per heavy atom. The van der Waals surface area contributed by atoms with Crippen molar-refractivity contribution in [3.8, 4) is 11.5 Å². The third kappa shape index (κ3) is 2.93. The molecule has 0 spiro atoms. The predicted octanol–water partition coefficient (Wildman–Crippen LogP) is 1.58. The van der Waals surface area contributed by atoms with Gasteiger partial charge in [-0.2, -0.15) is 4.98 Å². The standard InChI is InChI=1S/C16H17N5O2.ClH/c1-21-7-6-17-9-13(21)14-19-16(23-20-14)11-8-10-4-2-3-5-12(10)18-15(11)22;/h2-5,8,13,17H,6-7,9H2,1H3,(H,18,22);1H. The van der Waals surface area contributed by atoms with Gasteiger partial charge >= 0.3 is 0 Å². The summed E-state index contributed by atoms with van der Waals surface area (Å²) in [4.78, 5) is 21.7. The van der Waals surface area contributed by atoms with E-state index in [1.165, 1.54) is 0 Å². The van der Waals surface area contributed by atoms with E-state index in [4.69, 9.17) is 4.52 Å². The zero-order chi connectivity index (χ0) is 15.8. The minimum Gasteiger partial charge on any atom is -0.334 e. The van der Waals surface area contributed by atoms with Gasteiger partial charge in [0, 0.05) is 25.2 Å². The molecule has 126 valence electrons. The van der Waals surface area contributed by atoms with Crippen molar-refractivity contribution in [2.75, 3.05) is 26.7 Å². The normalized spacial score (nSPS) is 18.5. The fraction of sp³-hybridized carbons (Fsp3) is 0.312. The SMILES string of the molecule is CN1CCNCC1c1noc(-c2cc3ccccc3[nH]c2=O)n1.Cl. The van der Waals surface area contributed by atoms with E-state index in [0.717, 1.165) is 30.5 Å². The molecule has 1 aromatic carbocycles. The van der Waals surface area contributed by atoms with Gasteiger partial charge in [-0.25, -0.2) is 0 Å². The first kappa shape index (κ1) is 16.6. The quantitative estimate of drug-likeness (QED) is 0.732. The number of hydrogen-bond acceptors (Lipinski definition) is 6. The summed E-state index contributed by atoms with van der Waals surface area (Å²) in [6.45, 7) is 2.64. The molecule has 1 fully saturated rings. The summed E-state index contributed by atoms with van der Waals surface area (Å²) in [6.07, 6.45) is 0. The summed E-state index contributed by atoms with van der Waals surface area (Å²) < 4.78 is 5.35. The Morgan fingerprint density at radius 3 is 3.00 bits per heavy atom. The second kappa shape index (κ2) is 6.72. The summed E-state index contributed by atoms with van der Waals surface area (Å²) >= 11 is 0. The molecule has 7 nitrogen and oxygen atoms in total. The van der Waals surface area contributed by atoms with Crippen LogP contribution < -0.4 is 10.9 Å². The number of halogens is 1. The van der Waals surface area contributed by atoms with E-state index in [9.17, 15) is 4.79 Å².